The second-order valence-electron chi connectivity index (χ2n) is 4.99. The van der Waals surface area contributed by atoms with E-state index in [9.17, 15) is 9.59 Å². The molecule has 0 aromatic carbocycles. The molecule has 0 saturated carbocycles. The average molecular weight is 274 g/mol. The first-order valence-corrected chi connectivity index (χ1v) is 7.45. The second kappa shape index (κ2) is 7.63. The first kappa shape index (κ1) is 15.3. The second-order valence-corrected chi connectivity index (χ2v) is 6.14. The molecule has 104 valence electrons. The minimum atomic E-state index is -0.949. The van der Waals surface area contributed by atoms with Crippen LogP contribution in [0.4, 0.5) is 0 Å². The fraction of sp³-hybridized carbons (Fsp3) is 0.833. The van der Waals surface area contributed by atoms with Crippen molar-refractivity contribution < 1.29 is 14.7 Å². The summed E-state index contributed by atoms with van der Waals surface area (Å²) in [5, 5.41) is 12.1. The minimum Gasteiger partial charge on any atom is -0.480 e. The number of hydrogen-bond donors (Lipinski definition) is 2. The van der Waals surface area contributed by atoms with Crippen LogP contribution in [0, 0.1) is 5.92 Å². The Bertz CT molecular complexity index is 291. The Balaban J connectivity index is 2.48. The van der Waals surface area contributed by atoms with Gasteiger partial charge in [-0.1, -0.05) is 13.8 Å². The quantitative estimate of drug-likeness (QED) is 0.744. The normalized spacial score (nSPS) is 19.8. The van der Waals surface area contributed by atoms with E-state index in [0.717, 1.165) is 18.1 Å². The summed E-state index contributed by atoms with van der Waals surface area (Å²) >= 11 is 1.83. The third-order valence-corrected chi connectivity index (χ3v) is 3.81. The summed E-state index contributed by atoms with van der Waals surface area (Å²) in [6.07, 6.45) is 0.396. The van der Waals surface area contributed by atoms with Crippen molar-refractivity contribution in [3.8, 4) is 0 Å². The largest absolute Gasteiger partial charge is 0.480 e. The van der Waals surface area contributed by atoms with E-state index in [0.29, 0.717) is 13.0 Å². The molecule has 5 nitrogen and oxygen atoms in total. The van der Waals surface area contributed by atoms with E-state index in [4.69, 9.17) is 5.11 Å². The van der Waals surface area contributed by atoms with E-state index in [-0.39, 0.29) is 24.4 Å². The van der Waals surface area contributed by atoms with Crippen LogP contribution >= 0.6 is 11.8 Å². The molecule has 18 heavy (non-hydrogen) atoms. The molecule has 1 aliphatic heterocycles. The number of nitrogens with zero attached hydrogens (tertiary/aromatic N) is 1. The summed E-state index contributed by atoms with van der Waals surface area (Å²) in [4.78, 5) is 24.3. The number of nitrogens with one attached hydrogen (secondary N) is 1. The molecule has 6 heteroatoms. The molecule has 0 bridgehead atoms. The zero-order chi connectivity index (χ0) is 13.5. The number of carboxylic acids is 1. The molecule has 0 radical (unpaired) electrons. The van der Waals surface area contributed by atoms with Crippen molar-refractivity contribution in [3.63, 3.8) is 0 Å². The maximum atomic E-state index is 12.1. The Morgan fingerprint density at radius 1 is 1.50 bits per heavy atom. The number of carbonyl (C=O) groups excluding carboxylic acids is 1. The van der Waals surface area contributed by atoms with Gasteiger partial charge in [-0.3, -0.25) is 9.59 Å². The van der Waals surface area contributed by atoms with Crippen molar-refractivity contribution >= 4 is 23.6 Å². The highest BCUT2D eigenvalue weighted by Gasteiger charge is 2.22. The fourth-order valence-corrected chi connectivity index (χ4v) is 2.90. The van der Waals surface area contributed by atoms with Crippen LogP contribution in [0.2, 0.25) is 0 Å². The number of thioether (sulfide) groups is 1. The average Bonchev–Trinajstić information content (AvgIpc) is 2.28. The van der Waals surface area contributed by atoms with Crippen molar-refractivity contribution in [1.82, 2.24) is 10.2 Å². The lowest BCUT2D eigenvalue weighted by atomic mass is 10.1. The topological polar surface area (TPSA) is 69.6 Å². The number of carbonyl (C=O) groups is 2. The van der Waals surface area contributed by atoms with Crippen molar-refractivity contribution in [2.75, 3.05) is 31.1 Å². The third-order valence-electron chi connectivity index (χ3n) is 2.68. The lowest BCUT2D eigenvalue weighted by Crippen LogP contribution is -2.44. The number of rotatable bonds is 6. The van der Waals surface area contributed by atoms with Gasteiger partial charge in [0.1, 0.15) is 6.54 Å². The van der Waals surface area contributed by atoms with Crippen molar-refractivity contribution in [1.29, 1.82) is 0 Å². The van der Waals surface area contributed by atoms with Gasteiger partial charge in [0, 0.05) is 37.1 Å². The monoisotopic (exact) mass is 274 g/mol. The van der Waals surface area contributed by atoms with E-state index in [1.54, 1.807) is 0 Å². The van der Waals surface area contributed by atoms with E-state index in [2.05, 4.69) is 5.32 Å². The fourth-order valence-electron chi connectivity index (χ4n) is 1.95. The van der Waals surface area contributed by atoms with Crippen LogP contribution in [0.3, 0.4) is 0 Å². The van der Waals surface area contributed by atoms with Gasteiger partial charge in [-0.05, 0) is 5.92 Å². The van der Waals surface area contributed by atoms with E-state index in [1.807, 2.05) is 25.6 Å². The van der Waals surface area contributed by atoms with Crippen molar-refractivity contribution in [2.24, 2.45) is 5.92 Å². The predicted octanol–water partition coefficient (Wildman–Crippen LogP) is 0.651. The molecule has 1 amide bonds. The van der Waals surface area contributed by atoms with Crippen molar-refractivity contribution in [3.05, 3.63) is 0 Å². The molecule has 0 aromatic heterocycles. The maximum absolute atomic E-state index is 12.1. The van der Waals surface area contributed by atoms with E-state index < -0.39 is 5.97 Å². The van der Waals surface area contributed by atoms with Gasteiger partial charge in [0.25, 0.3) is 0 Å². The van der Waals surface area contributed by atoms with E-state index >= 15 is 0 Å². The standard InChI is InChI=1S/C12H22N2O3S/c1-9(2)6-14(7-12(16)17)11(15)5-10-8-18-4-3-13-10/h9-10,13H,3-8H2,1-2H3,(H,16,17). The highest BCUT2D eigenvalue weighted by atomic mass is 32.2. The highest BCUT2D eigenvalue weighted by Crippen LogP contribution is 2.12. The van der Waals surface area contributed by atoms with Gasteiger partial charge in [0.05, 0.1) is 0 Å². The van der Waals surface area contributed by atoms with Crippen LogP contribution < -0.4 is 5.32 Å². The lowest BCUT2D eigenvalue weighted by molar-refractivity contribution is -0.145. The zero-order valence-electron chi connectivity index (χ0n) is 11.0. The first-order chi connectivity index (χ1) is 8.49. The summed E-state index contributed by atoms with van der Waals surface area (Å²) in [5.74, 6) is 1.27. The summed E-state index contributed by atoms with van der Waals surface area (Å²) in [6.45, 7) is 5.20. The van der Waals surface area contributed by atoms with Gasteiger partial charge in [0.2, 0.25) is 5.91 Å². The number of amides is 1. The Hall–Kier alpha value is -0.750. The zero-order valence-corrected chi connectivity index (χ0v) is 11.8. The summed E-state index contributed by atoms with van der Waals surface area (Å²) in [5.41, 5.74) is 0. The number of hydrogen-bond acceptors (Lipinski definition) is 4. The summed E-state index contributed by atoms with van der Waals surface area (Å²) < 4.78 is 0. The molecule has 1 atom stereocenters. The van der Waals surface area contributed by atoms with Crippen LogP contribution in [0.5, 0.6) is 0 Å². The molecule has 2 N–H and O–H groups in total. The van der Waals surface area contributed by atoms with Gasteiger partial charge in [-0.15, -0.1) is 0 Å². The lowest BCUT2D eigenvalue weighted by Gasteiger charge is -2.27. The Kier molecular flexibility index (Phi) is 6.49. The summed E-state index contributed by atoms with van der Waals surface area (Å²) in [7, 11) is 0. The molecule has 1 unspecified atom stereocenters. The Morgan fingerprint density at radius 2 is 2.22 bits per heavy atom. The van der Waals surface area contributed by atoms with Crippen LogP contribution in [0.25, 0.3) is 0 Å². The summed E-state index contributed by atoms with van der Waals surface area (Å²) in [6, 6.07) is 0.180. The highest BCUT2D eigenvalue weighted by molar-refractivity contribution is 7.99. The Morgan fingerprint density at radius 3 is 2.72 bits per heavy atom. The number of aliphatic carboxylic acids is 1. The minimum absolute atomic E-state index is 0.0638. The van der Waals surface area contributed by atoms with E-state index in [1.165, 1.54) is 4.90 Å². The van der Waals surface area contributed by atoms with Gasteiger partial charge < -0.3 is 15.3 Å². The van der Waals surface area contributed by atoms with Crippen molar-refractivity contribution in [2.45, 2.75) is 26.3 Å². The molecular weight excluding hydrogens is 252 g/mol. The van der Waals surface area contributed by atoms with Crippen LogP contribution in [0.15, 0.2) is 0 Å². The molecule has 1 saturated heterocycles. The molecule has 1 rings (SSSR count). The number of carboxylic acid groups (broad SMARTS) is 1. The molecular formula is C12H22N2O3S. The molecule has 1 heterocycles. The molecule has 0 aromatic rings. The molecule has 0 aliphatic carbocycles. The maximum Gasteiger partial charge on any atom is 0.323 e. The van der Waals surface area contributed by atoms with Gasteiger partial charge in [-0.2, -0.15) is 11.8 Å². The molecule has 0 spiro atoms. The van der Waals surface area contributed by atoms with Gasteiger partial charge >= 0.3 is 5.97 Å². The van der Waals surface area contributed by atoms with Gasteiger partial charge in [-0.25, -0.2) is 0 Å². The smallest absolute Gasteiger partial charge is 0.323 e. The first-order valence-electron chi connectivity index (χ1n) is 6.29. The SMILES string of the molecule is CC(C)CN(CC(=O)O)C(=O)CC1CSCCN1. The van der Waals surface area contributed by atoms with Gasteiger partial charge in [0.15, 0.2) is 0 Å². The molecule has 1 fully saturated rings. The Labute approximate surface area is 112 Å². The van der Waals surface area contributed by atoms with Crippen LogP contribution in [0.1, 0.15) is 20.3 Å². The van der Waals surface area contributed by atoms with Crippen LogP contribution in [-0.4, -0.2) is 59.1 Å². The van der Waals surface area contributed by atoms with Crippen LogP contribution in [-0.2, 0) is 9.59 Å². The predicted molar refractivity (Wildman–Crippen MR) is 72.8 cm³/mol. The molecule has 1 aliphatic rings. The third kappa shape index (κ3) is 5.73.